The van der Waals surface area contributed by atoms with E-state index in [0.29, 0.717) is 12.3 Å². The van der Waals surface area contributed by atoms with E-state index in [9.17, 15) is 19.7 Å². The molecule has 0 atom stereocenters. The summed E-state index contributed by atoms with van der Waals surface area (Å²) in [4.78, 5) is 36.3. The number of benzene rings is 2. The number of rotatable bonds is 5. The van der Waals surface area contributed by atoms with Crippen LogP contribution in [-0.2, 0) is 29.2 Å². The Labute approximate surface area is 172 Å². The van der Waals surface area contributed by atoms with E-state index in [4.69, 9.17) is 4.74 Å². The van der Waals surface area contributed by atoms with Crippen molar-refractivity contribution in [3.63, 3.8) is 0 Å². The van der Waals surface area contributed by atoms with Crippen molar-refractivity contribution in [3.05, 3.63) is 63.2 Å². The molecule has 9 nitrogen and oxygen atoms in total. The molecule has 0 bridgehead atoms. The molecule has 2 aliphatic rings. The monoisotopic (exact) mass is 418 g/mol. The van der Waals surface area contributed by atoms with Gasteiger partial charge in [-0.1, -0.05) is 18.2 Å². The number of ether oxygens (including phenoxy) is 1. The first-order chi connectivity index (χ1) is 13.5. The van der Waals surface area contributed by atoms with Crippen LogP contribution in [0.2, 0.25) is 0 Å². The van der Waals surface area contributed by atoms with Crippen LogP contribution in [0.15, 0.2) is 36.4 Å². The summed E-state index contributed by atoms with van der Waals surface area (Å²) in [5.74, 6) is -0.442. The van der Waals surface area contributed by atoms with Crippen molar-refractivity contribution in [2.75, 3.05) is 18.1 Å². The summed E-state index contributed by atoms with van der Waals surface area (Å²) in [7, 11) is 0. The number of amides is 2. The van der Waals surface area contributed by atoms with Gasteiger partial charge in [0.1, 0.15) is 12.3 Å². The molecule has 29 heavy (non-hydrogen) atoms. The highest BCUT2D eigenvalue weighted by molar-refractivity contribution is 6.02. The molecular formula is C19H19ClN4O5. The number of nitrogens with zero attached hydrogens (tertiary/aromatic N) is 2. The summed E-state index contributed by atoms with van der Waals surface area (Å²) < 4.78 is 5.30. The summed E-state index contributed by atoms with van der Waals surface area (Å²) in [6, 6.07) is 10.0. The van der Waals surface area contributed by atoms with Crippen LogP contribution in [0.3, 0.4) is 0 Å². The molecule has 0 aliphatic carbocycles. The van der Waals surface area contributed by atoms with Crippen molar-refractivity contribution in [1.82, 2.24) is 10.6 Å². The Morgan fingerprint density at radius 3 is 2.79 bits per heavy atom. The third-order valence-electron chi connectivity index (χ3n) is 4.79. The van der Waals surface area contributed by atoms with Gasteiger partial charge in [0.15, 0.2) is 6.61 Å². The van der Waals surface area contributed by atoms with Gasteiger partial charge in [0, 0.05) is 31.8 Å². The second-order valence-corrected chi connectivity index (χ2v) is 6.66. The molecule has 152 valence electrons. The number of anilines is 1. The number of hydrogen-bond acceptors (Lipinski definition) is 6. The van der Waals surface area contributed by atoms with E-state index >= 15 is 0 Å². The summed E-state index contributed by atoms with van der Waals surface area (Å²) in [5, 5.41) is 17.1. The molecule has 0 unspecified atom stereocenters. The van der Waals surface area contributed by atoms with Gasteiger partial charge in [-0.25, -0.2) is 0 Å². The standard InChI is InChI=1S/C19H18N4O5.ClH/c24-18(21-7-12-1-2-13-8-20-9-14(13)5-12)10-22-16-6-15(23(26)27)3-4-17(16)28-11-19(22)25;/h1-6,20H,7-11H2,(H,21,24);1H. The molecule has 0 saturated heterocycles. The molecule has 2 aliphatic heterocycles. The van der Waals surface area contributed by atoms with Crippen molar-refractivity contribution in [3.8, 4) is 5.75 Å². The minimum atomic E-state index is -0.555. The van der Waals surface area contributed by atoms with Crippen molar-refractivity contribution in [1.29, 1.82) is 0 Å². The van der Waals surface area contributed by atoms with Crippen molar-refractivity contribution < 1.29 is 19.2 Å². The molecule has 0 radical (unpaired) electrons. The lowest BCUT2D eigenvalue weighted by Crippen LogP contribution is -2.45. The molecular weight excluding hydrogens is 400 g/mol. The van der Waals surface area contributed by atoms with Crippen LogP contribution in [0.1, 0.15) is 16.7 Å². The molecule has 10 heteroatoms. The Hall–Kier alpha value is -3.17. The zero-order valence-corrected chi connectivity index (χ0v) is 16.2. The molecule has 0 fully saturated rings. The van der Waals surface area contributed by atoms with E-state index in [2.05, 4.69) is 10.6 Å². The van der Waals surface area contributed by atoms with Gasteiger partial charge < -0.3 is 15.4 Å². The topological polar surface area (TPSA) is 114 Å². The largest absolute Gasteiger partial charge is 0.482 e. The van der Waals surface area contributed by atoms with Gasteiger partial charge in [-0.2, -0.15) is 0 Å². The lowest BCUT2D eigenvalue weighted by Gasteiger charge is -2.28. The van der Waals surface area contributed by atoms with Crippen LogP contribution in [-0.4, -0.2) is 29.9 Å². The molecule has 2 aromatic carbocycles. The number of carbonyl (C=O) groups is 2. The molecule has 2 N–H and O–H groups in total. The summed E-state index contributed by atoms with van der Waals surface area (Å²) in [6.07, 6.45) is 0. The van der Waals surface area contributed by atoms with Crippen LogP contribution in [0, 0.1) is 10.1 Å². The van der Waals surface area contributed by atoms with Crippen LogP contribution < -0.4 is 20.3 Å². The first kappa shape index (κ1) is 20.6. The molecule has 2 heterocycles. The number of non-ortho nitro benzene ring substituents is 1. The van der Waals surface area contributed by atoms with E-state index < -0.39 is 10.8 Å². The highest BCUT2D eigenvalue weighted by Crippen LogP contribution is 2.35. The van der Waals surface area contributed by atoms with E-state index in [-0.39, 0.29) is 42.8 Å². The Bertz CT molecular complexity index is 981. The normalized spacial score (nSPS) is 14.3. The summed E-state index contributed by atoms with van der Waals surface area (Å²) >= 11 is 0. The number of fused-ring (bicyclic) bond motifs is 2. The second-order valence-electron chi connectivity index (χ2n) is 6.66. The van der Waals surface area contributed by atoms with E-state index in [1.807, 2.05) is 18.2 Å². The number of hydrogen-bond donors (Lipinski definition) is 2. The van der Waals surface area contributed by atoms with Gasteiger partial charge in [0.05, 0.1) is 10.6 Å². The fourth-order valence-corrected chi connectivity index (χ4v) is 3.34. The van der Waals surface area contributed by atoms with Crippen LogP contribution in [0.25, 0.3) is 0 Å². The SMILES string of the molecule is Cl.O=C(CN1C(=O)COc2ccc([N+](=O)[O-])cc21)NCc1ccc2c(c1)CNC2. The third kappa shape index (κ3) is 4.30. The van der Waals surface area contributed by atoms with Gasteiger partial charge in [0.25, 0.3) is 11.6 Å². The molecule has 2 aromatic rings. The number of nitrogens with one attached hydrogen (secondary N) is 2. The van der Waals surface area contributed by atoms with Gasteiger partial charge in [-0.05, 0) is 22.8 Å². The van der Waals surface area contributed by atoms with Gasteiger partial charge in [-0.3, -0.25) is 24.6 Å². The van der Waals surface area contributed by atoms with Crippen molar-refractivity contribution in [2.24, 2.45) is 0 Å². The minimum Gasteiger partial charge on any atom is -0.482 e. The van der Waals surface area contributed by atoms with Crippen molar-refractivity contribution >= 4 is 35.6 Å². The van der Waals surface area contributed by atoms with Crippen LogP contribution in [0.4, 0.5) is 11.4 Å². The average molecular weight is 419 g/mol. The maximum Gasteiger partial charge on any atom is 0.271 e. The molecule has 4 rings (SSSR count). The quantitative estimate of drug-likeness (QED) is 0.564. The lowest BCUT2D eigenvalue weighted by atomic mass is 10.1. The van der Waals surface area contributed by atoms with Crippen molar-refractivity contribution in [2.45, 2.75) is 19.6 Å². The van der Waals surface area contributed by atoms with Gasteiger partial charge >= 0.3 is 0 Å². The van der Waals surface area contributed by atoms with E-state index in [1.165, 1.54) is 34.2 Å². The van der Waals surface area contributed by atoms with E-state index in [1.54, 1.807) is 0 Å². The Kier molecular flexibility index (Phi) is 6.00. The maximum absolute atomic E-state index is 12.4. The Morgan fingerprint density at radius 1 is 1.21 bits per heavy atom. The predicted octanol–water partition coefficient (Wildman–Crippen LogP) is 1.66. The molecule has 0 spiro atoms. The van der Waals surface area contributed by atoms with Crippen LogP contribution in [0.5, 0.6) is 5.75 Å². The fourth-order valence-electron chi connectivity index (χ4n) is 3.34. The highest BCUT2D eigenvalue weighted by Gasteiger charge is 2.29. The average Bonchev–Trinajstić information content (AvgIpc) is 3.16. The third-order valence-corrected chi connectivity index (χ3v) is 4.79. The van der Waals surface area contributed by atoms with E-state index in [0.717, 1.165) is 18.7 Å². The first-order valence-corrected chi connectivity index (χ1v) is 8.81. The summed E-state index contributed by atoms with van der Waals surface area (Å²) in [5.41, 5.74) is 3.50. The minimum absolute atomic E-state index is 0. The molecule has 2 amide bonds. The predicted molar refractivity (Wildman–Crippen MR) is 107 cm³/mol. The van der Waals surface area contributed by atoms with Crippen LogP contribution >= 0.6 is 12.4 Å². The molecule has 0 aromatic heterocycles. The zero-order valence-electron chi connectivity index (χ0n) is 15.3. The highest BCUT2D eigenvalue weighted by atomic mass is 35.5. The maximum atomic E-state index is 12.4. The van der Waals surface area contributed by atoms with Gasteiger partial charge in [-0.15, -0.1) is 12.4 Å². The number of carbonyl (C=O) groups excluding carboxylic acids is 2. The number of nitro benzene ring substituents is 1. The smallest absolute Gasteiger partial charge is 0.271 e. The zero-order chi connectivity index (χ0) is 19.7. The Balaban J connectivity index is 0.00000240. The second kappa shape index (κ2) is 8.46. The number of nitro groups is 1. The Morgan fingerprint density at radius 2 is 2.00 bits per heavy atom. The first-order valence-electron chi connectivity index (χ1n) is 8.81. The summed E-state index contributed by atoms with van der Waals surface area (Å²) in [6.45, 7) is 1.56. The lowest BCUT2D eigenvalue weighted by molar-refractivity contribution is -0.384. The van der Waals surface area contributed by atoms with Gasteiger partial charge in [0.2, 0.25) is 5.91 Å². The molecule has 0 saturated carbocycles. The number of halogens is 1. The fraction of sp³-hybridized carbons (Fsp3) is 0.263.